The van der Waals surface area contributed by atoms with Crippen LogP contribution in [0.2, 0.25) is 0 Å². The van der Waals surface area contributed by atoms with E-state index in [1.807, 2.05) is 13.0 Å². The summed E-state index contributed by atoms with van der Waals surface area (Å²) in [5.41, 5.74) is 4.39. The number of anilines is 1. The molecule has 30 heavy (non-hydrogen) atoms. The molecule has 1 aromatic heterocycles. The maximum absolute atomic E-state index is 12.8. The fraction of sp³-hybridized carbons (Fsp3) is 0.435. The van der Waals surface area contributed by atoms with Crippen LogP contribution in [0.4, 0.5) is 10.7 Å². The Hall–Kier alpha value is -2.67. The van der Waals surface area contributed by atoms with Crippen LogP contribution in [0, 0.1) is 23.0 Å². The standard InChI is InChI=1S/C23H26N2O4S/c1-13-19(23(26)29-3)20(16-9-6-10-17(12-16)25(27)28)21-18(11-15-7-4-5-8-15)14(2)30-22(21)24-13/h6,9-10,12,15,20,24H,4-5,7-8,11H2,1-3H3. The number of thiophene rings is 1. The minimum absolute atomic E-state index is 0.0266. The van der Waals surface area contributed by atoms with Gasteiger partial charge in [0.1, 0.15) is 0 Å². The maximum Gasteiger partial charge on any atom is 0.336 e. The van der Waals surface area contributed by atoms with E-state index in [0.29, 0.717) is 11.5 Å². The van der Waals surface area contributed by atoms with Crippen LogP contribution in [0.25, 0.3) is 0 Å². The van der Waals surface area contributed by atoms with Crippen molar-refractivity contribution < 1.29 is 14.5 Å². The lowest BCUT2D eigenvalue weighted by molar-refractivity contribution is -0.384. The van der Waals surface area contributed by atoms with Crippen molar-refractivity contribution in [1.82, 2.24) is 0 Å². The van der Waals surface area contributed by atoms with Gasteiger partial charge in [-0.15, -0.1) is 11.3 Å². The number of nitrogens with zero attached hydrogens (tertiary/aromatic N) is 1. The van der Waals surface area contributed by atoms with E-state index in [1.54, 1.807) is 23.5 Å². The molecule has 1 aliphatic heterocycles. The molecule has 2 aliphatic rings. The Balaban J connectivity index is 1.89. The van der Waals surface area contributed by atoms with E-state index in [-0.39, 0.29) is 11.6 Å². The minimum atomic E-state index is -0.405. The highest BCUT2D eigenvalue weighted by atomic mass is 32.1. The highest BCUT2D eigenvalue weighted by Crippen LogP contribution is 2.50. The van der Waals surface area contributed by atoms with Gasteiger partial charge in [-0.2, -0.15) is 0 Å². The molecule has 0 spiro atoms. The molecule has 7 heteroatoms. The summed E-state index contributed by atoms with van der Waals surface area (Å²) in [4.78, 5) is 25.1. The van der Waals surface area contributed by atoms with Crippen LogP contribution in [0.3, 0.4) is 0 Å². The first-order valence-electron chi connectivity index (χ1n) is 10.3. The van der Waals surface area contributed by atoms with Crippen molar-refractivity contribution in [3.8, 4) is 0 Å². The third-order valence-corrected chi connectivity index (χ3v) is 7.40. The normalized spacial score (nSPS) is 18.8. The summed E-state index contributed by atoms with van der Waals surface area (Å²) in [7, 11) is 1.38. The first kappa shape index (κ1) is 20.6. The number of nitrogens with one attached hydrogen (secondary N) is 1. The monoisotopic (exact) mass is 426 g/mol. The molecule has 0 amide bonds. The highest BCUT2D eigenvalue weighted by Gasteiger charge is 2.37. The molecule has 1 N–H and O–H groups in total. The molecule has 1 fully saturated rings. The zero-order chi connectivity index (χ0) is 21.4. The number of rotatable bonds is 5. The molecule has 1 aromatic carbocycles. The first-order chi connectivity index (χ1) is 14.4. The summed E-state index contributed by atoms with van der Waals surface area (Å²) in [6, 6.07) is 6.63. The van der Waals surface area contributed by atoms with E-state index in [1.165, 1.54) is 49.3 Å². The minimum Gasteiger partial charge on any atom is -0.466 e. The molecule has 158 valence electrons. The number of carbonyl (C=O) groups excluding carboxylic acids is 1. The third kappa shape index (κ3) is 3.62. The molecule has 4 rings (SSSR count). The highest BCUT2D eigenvalue weighted by molar-refractivity contribution is 7.16. The zero-order valence-electron chi connectivity index (χ0n) is 17.5. The second-order valence-corrected chi connectivity index (χ2v) is 9.40. The molecule has 1 saturated carbocycles. The number of allylic oxidation sites excluding steroid dienone is 1. The molecule has 0 bridgehead atoms. The van der Waals surface area contributed by atoms with Crippen LogP contribution in [-0.4, -0.2) is 18.0 Å². The van der Waals surface area contributed by atoms with Crippen LogP contribution in [0.5, 0.6) is 0 Å². The van der Waals surface area contributed by atoms with Gasteiger partial charge >= 0.3 is 5.97 Å². The van der Waals surface area contributed by atoms with Gasteiger partial charge in [-0.25, -0.2) is 4.79 Å². The number of nitro groups is 1. The van der Waals surface area contributed by atoms with Crippen LogP contribution in [0.15, 0.2) is 35.5 Å². The average molecular weight is 427 g/mol. The summed E-state index contributed by atoms with van der Waals surface area (Å²) in [5.74, 6) is -0.130. The molecule has 0 radical (unpaired) electrons. The fourth-order valence-corrected chi connectivity index (χ4v) is 6.06. The van der Waals surface area contributed by atoms with Crippen LogP contribution >= 0.6 is 11.3 Å². The van der Waals surface area contributed by atoms with Gasteiger partial charge in [0.05, 0.1) is 22.6 Å². The van der Waals surface area contributed by atoms with Gasteiger partial charge in [-0.3, -0.25) is 10.1 Å². The number of hydrogen-bond acceptors (Lipinski definition) is 6. The molecule has 6 nitrogen and oxygen atoms in total. The molecule has 2 aromatic rings. The van der Waals surface area contributed by atoms with E-state index in [4.69, 9.17) is 4.74 Å². The largest absolute Gasteiger partial charge is 0.466 e. The van der Waals surface area contributed by atoms with Crippen LogP contribution in [-0.2, 0) is 16.0 Å². The van der Waals surface area contributed by atoms with Gasteiger partial charge in [0, 0.05) is 34.2 Å². The molecule has 1 aliphatic carbocycles. The van der Waals surface area contributed by atoms with Gasteiger partial charge < -0.3 is 10.1 Å². The number of benzene rings is 1. The molecule has 1 unspecified atom stereocenters. The fourth-order valence-electron chi connectivity index (χ4n) is 4.88. The number of nitro benzene ring substituents is 1. The van der Waals surface area contributed by atoms with Crippen molar-refractivity contribution in [3.63, 3.8) is 0 Å². The van der Waals surface area contributed by atoms with Gasteiger partial charge in [0.25, 0.3) is 5.69 Å². The Kier molecular flexibility index (Phi) is 5.64. The van der Waals surface area contributed by atoms with Crippen LogP contribution in [0.1, 0.15) is 60.1 Å². The molecule has 2 heterocycles. The Labute approximate surface area is 180 Å². The topological polar surface area (TPSA) is 81.5 Å². The molecule has 0 saturated heterocycles. The van der Waals surface area contributed by atoms with Crippen molar-refractivity contribution >= 4 is 28.0 Å². The van der Waals surface area contributed by atoms with Gasteiger partial charge in [-0.1, -0.05) is 37.8 Å². The van der Waals surface area contributed by atoms with Crippen molar-refractivity contribution in [2.45, 2.75) is 51.9 Å². The van der Waals surface area contributed by atoms with E-state index in [9.17, 15) is 14.9 Å². The number of carbonyl (C=O) groups is 1. The molecule has 1 atom stereocenters. The van der Waals surface area contributed by atoms with Crippen LogP contribution < -0.4 is 5.32 Å². The maximum atomic E-state index is 12.8. The second kappa shape index (κ2) is 8.22. The Morgan fingerprint density at radius 2 is 2.03 bits per heavy atom. The zero-order valence-corrected chi connectivity index (χ0v) is 18.3. The number of methoxy groups -OCH3 is 1. The number of non-ortho nitro benzene ring substituents is 1. The first-order valence-corrected chi connectivity index (χ1v) is 11.1. The quantitative estimate of drug-likeness (QED) is 0.377. The van der Waals surface area contributed by atoms with E-state index in [2.05, 4.69) is 12.2 Å². The number of ether oxygens (including phenoxy) is 1. The summed E-state index contributed by atoms with van der Waals surface area (Å²) < 4.78 is 5.12. The Morgan fingerprint density at radius 3 is 2.70 bits per heavy atom. The van der Waals surface area contributed by atoms with Crippen molar-refractivity contribution in [2.24, 2.45) is 5.92 Å². The number of fused-ring (bicyclic) bond motifs is 1. The van der Waals surface area contributed by atoms with Gasteiger partial charge in [-0.05, 0) is 37.3 Å². The summed E-state index contributed by atoms with van der Waals surface area (Å²) >= 11 is 1.70. The summed E-state index contributed by atoms with van der Waals surface area (Å²) in [5, 5.41) is 15.9. The van der Waals surface area contributed by atoms with Crippen molar-refractivity contribution in [3.05, 3.63) is 67.2 Å². The Bertz CT molecular complexity index is 1030. The smallest absolute Gasteiger partial charge is 0.336 e. The predicted octanol–water partition coefficient (Wildman–Crippen LogP) is 5.70. The second-order valence-electron chi connectivity index (χ2n) is 8.17. The Morgan fingerprint density at radius 1 is 1.30 bits per heavy atom. The van der Waals surface area contributed by atoms with Gasteiger partial charge in [0.2, 0.25) is 0 Å². The number of esters is 1. The van der Waals surface area contributed by atoms with E-state index in [0.717, 1.165) is 28.2 Å². The average Bonchev–Trinajstić information content (AvgIpc) is 3.34. The molecular weight excluding hydrogens is 400 g/mol. The van der Waals surface area contributed by atoms with E-state index >= 15 is 0 Å². The van der Waals surface area contributed by atoms with Crippen molar-refractivity contribution in [1.29, 1.82) is 0 Å². The number of hydrogen-bond donors (Lipinski definition) is 1. The van der Waals surface area contributed by atoms with E-state index < -0.39 is 10.9 Å². The summed E-state index contributed by atoms with van der Waals surface area (Å²) in [6.07, 6.45) is 6.00. The lowest BCUT2D eigenvalue weighted by atomic mass is 9.79. The third-order valence-electron chi connectivity index (χ3n) is 6.32. The summed E-state index contributed by atoms with van der Waals surface area (Å²) in [6.45, 7) is 4.00. The lowest BCUT2D eigenvalue weighted by Crippen LogP contribution is -2.24. The predicted molar refractivity (Wildman–Crippen MR) is 118 cm³/mol. The molecular formula is C23H26N2O4S. The SMILES string of the molecule is COC(=O)C1=C(C)Nc2sc(C)c(CC3CCCC3)c2C1c1cccc([N+](=O)[O-])c1. The van der Waals surface area contributed by atoms with Gasteiger partial charge in [0.15, 0.2) is 0 Å². The lowest BCUT2D eigenvalue weighted by Gasteiger charge is -2.29. The number of aryl methyl sites for hydroxylation is 1. The van der Waals surface area contributed by atoms with Crippen molar-refractivity contribution in [2.75, 3.05) is 12.4 Å².